The van der Waals surface area contributed by atoms with Crippen LogP contribution >= 0.6 is 0 Å². The van der Waals surface area contributed by atoms with Gasteiger partial charge in [-0.3, -0.25) is 4.79 Å². The van der Waals surface area contributed by atoms with E-state index in [0.717, 1.165) is 64.2 Å². The number of nitrogens with one attached hydrogen (secondary N) is 1. The highest BCUT2D eigenvalue weighted by Gasteiger charge is 2.54. The minimum absolute atomic E-state index is 0.238. The third-order valence-electron chi connectivity index (χ3n) is 22.0. The second-order valence-electron chi connectivity index (χ2n) is 31.7. The van der Waals surface area contributed by atoms with Crippen molar-refractivity contribution in [2.45, 2.75) is 465 Å². The van der Waals surface area contributed by atoms with Gasteiger partial charge in [-0.15, -0.1) is 0 Å². The average Bonchev–Trinajstić information content (AvgIpc) is 0.759. The summed E-state index contributed by atoms with van der Waals surface area (Å²) >= 11 is 0. The molecule has 3 heterocycles. The van der Waals surface area contributed by atoms with E-state index < -0.39 is 124 Å². The predicted octanol–water partition coefficient (Wildman–Crippen LogP) is 16.7. The summed E-state index contributed by atoms with van der Waals surface area (Å²) in [6.07, 6.45) is 66.4. The van der Waals surface area contributed by atoms with Crippen molar-refractivity contribution in [2.75, 3.05) is 26.4 Å². The lowest BCUT2D eigenvalue weighted by molar-refractivity contribution is -0.379. The molecule has 0 bridgehead atoms. The molecule has 1 amide bonds. The van der Waals surface area contributed by atoms with Crippen molar-refractivity contribution in [3.05, 3.63) is 72.9 Å². The van der Waals surface area contributed by atoms with E-state index in [2.05, 4.69) is 79.9 Å². The van der Waals surface area contributed by atoms with E-state index in [-0.39, 0.29) is 18.9 Å². The zero-order valence-corrected chi connectivity index (χ0v) is 68.5. The molecule has 0 aromatic rings. The van der Waals surface area contributed by atoms with Gasteiger partial charge in [-0.05, 0) is 70.6 Å². The fourth-order valence-corrected chi connectivity index (χ4v) is 14.9. The van der Waals surface area contributed by atoms with E-state index in [0.29, 0.717) is 12.8 Å². The molecule has 19 nitrogen and oxygen atoms in total. The first kappa shape index (κ1) is 100. The van der Waals surface area contributed by atoms with Gasteiger partial charge < -0.3 is 89.9 Å². The summed E-state index contributed by atoms with van der Waals surface area (Å²) in [6, 6.07) is -0.992. The van der Waals surface area contributed by atoms with Gasteiger partial charge in [0.05, 0.1) is 38.6 Å². The Bertz CT molecular complexity index is 2250. The monoisotopic (exact) mass is 1550 g/mol. The number of unbranched alkanes of at least 4 members (excludes halogenated alkanes) is 46. The Morgan fingerprint density at radius 3 is 1.03 bits per heavy atom. The first-order valence-electron chi connectivity index (χ1n) is 44.7. The summed E-state index contributed by atoms with van der Waals surface area (Å²) in [5.41, 5.74) is 0. The summed E-state index contributed by atoms with van der Waals surface area (Å²) in [5, 5.41) is 121. The SMILES string of the molecule is CC/C=C\C/C=C\C/C=C\C/C=C\CCCCCCCCCCCCCCCCCCCCCCCCCCCCC(=O)NC(COC1OC(CO)C(OC2OC(CO)C(OC3OC(CO)C(O)C(O)C3O)C(O)C2O)C(O)C1O)C(O)/C=C/CC/C=C/CCCCCCCCCCCCCCCCCCCCC. The van der Waals surface area contributed by atoms with Crippen LogP contribution in [0.4, 0.5) is 0 Å². The molecule has 0 aromatic heterocycles. The average molecular weight is 1550 g/mol. The molecule has 17 atom stereocenters. The molecule has 12 N–H and O–H groups in total. The molecule has 17 unspecified atom stereocenters. The highest BCUT2D eigenvalue weighted by Crippen LogP contribution is 2.33. The predicted molar refractivity (Wildman–Crippen MR) is 438 cm³/mol. The molecule has 0 spiro atoms. The number of aliphatic hydroxyl groups is 11. The Hall–Kier alpha value is -2.77. The minimum Gasteiger partial charge on any atom is -0.394 e. The lowest BCUT2D eigenvalue weighted by atomic mass is 9.96. The molecule has 19 heteroatoms. The number of aliphatic hydroxyl groups excluding tert-OH is 11. The summed E-state index contributed by atoms with van der Waals surface area (Å²) in [5.74, 6) is -0.279. The van der Waals surface area contributed by atoms with Crippen molar-refractivity contribution >= 4 is 5.91 Å². The minimum atomic E-state index is -1.98. The van der Waals surface area contributed by atoms with E-state index in [4.69, 9.17) is 28.4 Å². The van der Waals surface area contributed by atoms with Gasteiger partial charge in [0.15, 0.2) is 18.9 Å². The Balaban J connectivity index is 1.31. The van der Waals surface area contributed by atoms with Gasteiger partial charge in [0.2, 0.25) is 5.91 Å². The van der Waals surface area contributed by atoms with Crippen LogP contribution in [0.1, 0.15) is 361 Å². The van der Waals surface area contributed by atoms with Gasteiger partial charge in [0.1, 0.15) is 73.2 Å². The molecule has 3 saturated heterocycles. The molecular formula is C90H163NO18. The molecule has 0 saturated carbocycles. The van der Waals surface area contributed by atoms with Gasteiger partial charge in [0.25, 0.3) is 0 Å². The first-order valence-corrected chi connectivity index (χ1v) is 44.7. The molecule has 0 aliphatic carbocycles. The standard InChI is InChI=1S/C90H163NO18/c1-3-5-7-9-11-13-15-17-19-21-23-25-27-29-30-31-32-33-34-35-36-37-38-39-40-41-42-44-46-48-50-52-54-56-58-60-62-64-66-68-78(96)91-73(74(95)67-65-63-61-59-57-55-53-51-49-47-45-43-28-26-24-22-20-18-16-14-12-10-8-6-4-2)72-104-88-84(102)81(99)86(76(70-93)106-88)109-90-85(103)82(100)87(77(71-94)107-90)108-89-83(101)80(98)79(97)75(69-92)105-89/h5,7,11,13,17,19,23,25,57,59,65,67,73-77,79-90,92-95,97-103H,3-4,6,8-10,12,14-16,18,20-22,24,26-56,58,60-64,66,68-72H2,1-2H3,(H,91,96)/b7-5-,13-11-,19-17-,25-23-,59-57+,67-65+. The van der Waals surface area contributed by atoms with E-state index in [1.165, 1.54) is 263 Å². The molecule has 109 heavy (non-hydrogen) atoms. The van der Waals surface area contributed by atoms with Gasteiger partial charge >= 0.3 is 0 Å². The van der Waals surface area contributed by atoms with Crippen LogP contribution in [0, 0.1) is 0 Å². The Labute approximate surface area is 661 Å². The van der Waals surface area contributed by atoms with Crippen molar-refractivity contribution < 1.29 is 89.4 Å². The quantitative estimate of drug-likeness (QED) is 0.0199. The molecule has 0 radical (unpaired) electrons. The van der Waals surface area contributed by atoms with Crippen LogP contribution in [0.2, 0.25) is 0 Å². The topological polar surface area (TPSA) is 307 Å². The normalized spacial score (nSPS) is 25.6. The van der Waals surface area contributed by atoms with Crippen LogP contribution in [0.15, 0.2) is 72.9 Å². The molecule has 3 aliphatic rings. The number of carbonyl (C=O) groups is 1. The van der Waals surface area contributed by atoms with Crippen LogP contribution in [-0.4, -0.2) is 193 Å². The summed E-state index contributed by atoms with van der Waals surface area (Å²) in [7, 11) is 0. The highest BCUT2D eigenvalue weighted by molar-refractivity contribution is 5.76. The van der Waals surface area contributed by atoms with E-state index in [1.807, 2.05) is 6.08 Å². The second kappa shape index (κ2) is 69.5. The third kappa shape index (κ3) is 48.4. The maximum absolute atomic E-state index is 13.5. The molecule has 636 valence electrons. The van der Waals surface area contributed by atoms with Gasteiger partial charge in [-0.2, -0.15) is 0 Å². The molecule has 3 rings (SSSR count). The van der Waals surface area contributed by atoms with Crippen LogP contribution in [-0.2, 0) is 33.2 Å². The van der Waals surface area contributed by atoms with Crippen LogP contribution in [0.25, 0.3) is 0 Å². The summed E-state index contributed by atoms with van der Waals surface area (Å²) in [6.45, 7) is 1.66. The van der Waals surface area contributed by atoms with Crippen molar-refractivity contribution in [1.82, 2.24) is 5.32 Å². The number of hydrogen-bond donors (Lipinski definition) is 12. The Morgan fingerprint density at radius 2 is 0.642 bits per heavy atom. The third-order valence-corrected chi connectivity index (χ3v) is 22.0. The van der Waals surface area contributed by atoms with Gasteiger partial charge in [-0.1, -0.05) is 356 Å². The number of rotatable bonds is 72. The fraction of sp³-hybridized carbons (Fsp3) is 0.856. The highest BCUT2D eigenvalue weighted by atomic mass is 16.8. The lowest BCUT2D eigenvalue weighted by Crippen LogP contribution is -2.66. The first-order chi connectivity index (χ1) is 53.3. The number of ether oxygens (including phenoxy) is 6. The maximum atomic E-state index is 13.5. The largest absolute Gasteiger partial charge is 0.394 e. The van der Waals surface area contributed by atoms with Crippen LogP contribution in [0.5, 0.6) is 0 Å². The van der Waals surface area contributed by atoms with Gasteiger partial charge in [0, 0.05) is 6.42 Å². The number of amides is 1. The van der Waals surface area contributed by atoms with Crippen LogP contribution in [0.3, 0.4) is 0 Å². The Kier molecular flexibility index (Phi) is 64.1. The smallest absolute Gasteiger partial charge is 0.220 e. The Morgan fingerprint density at radius 1 is 0.339 bits per heavy atom. The van der Waals surface area contributed by atoms with Gasteiger partial charge in [-0.25, -0.2) is 0 Å². The number of allylic oxidation sites excluding steroid dienone is 11. The van der Waals surface area contributed by atoms with E-state index in [1.54, 1.807) is 6.08 Å². The lowest BCUT2D eigenvalue weighted by Gasteiger charge is -2.48. The van der Waals surface area contributed by atoms with Crippen molar-refractivity contribution in [1.29, 1.82) is 0 Å². The fourth-order valence-electron chi connectivity index (χ4n) is 14.9. The zero-order chi connectivity index (χ0) is 78.8. The number of hydrogen-bond acceptors (Lipinski definition) is 18. The molecule has 0 aromatic carbocycles. The zero-order valence-electron chi connectivity index (χ0n) is 68.5. The van der Waals surface area contributed by atoms with Crippen molar-refractivity contribution in [2.24, 2.45) is 0 Å². The number of carbonyl (C=O) groups excluding carboxylic acids is 1. The maximum Gasteiger partial charge on any atom is 0.220 e. The van der Waals surface area contributed by atoms with E-state index in [9.17, 15) is 61.0 Å². The van der Waals surface area contributed by atoms with Crippen LogP contribution < -0.4 is 5.32 Å². The van der Waals surface area contributed by atoms with Crippen molar-refractivity contribution in [3.63, 3.8) is 0 Å². The van der Waals surface area contributed by atoms with E-state index >= 15 is 0 Å². The van der Waals surface area contributed by atoms with Crippen molar-refractivity contribution in [3.8, 4) is 0 Å². The molecular weight excluding hydrogens is 1380 g/mol. The molecule has 3 fully saturated rings. The summed E-state index contributed by atoms with van der Waals surface area (Å²) in [4.78, 5) is 13.5. The molecule has 3 aliphatic heterocycles. The summed E-state index contributed by atoms with van der Waals surface area (Å²) < 4.78 is 34.5. The second-order valence-corrected chi connectivity index (χ2v) is 31.7.